The first-order valence-corrected chi connectivity index (χ1v) is 20.1. The minimum Gasteiger partial charge on any atom is -0.459 e. The van der Waals surface area contributed by atoms with Crippen LogP contribution in [-0.2, 0) is 35.8 Å². The highest BCUT2D eigenvalue weighted by atomic mass is 28.3. The molecule has 0 unspecified atom stereocenters. The van der Waals surface area contributed by atoms with Crippen molar-refractivity contribution in [2.24, 2.45) is 11.8 Å². The summed E-state index contributed by atoms with van der Waals surface area (Å²) in [5.41, 5.74) is 2.15. The maximum Gasteiger partial charge on any atom is 0.330 e. The topological polar surface area (TPSA) is 61.8 Å². The molecule has 0 saturated heterocycles. The predicted octanol–water partition coefficient (Wildman–Crippen LogP) is 9.06. The van der Waals surface area contributed by atoms with Crippen molar-refractivity contribution >= 4 is 20.0 Å². The Balaban J connectivity index is 1.55. The van der Waals surface area contributed by atoms with E-state index in [4.69, 9.17) is 14.2 Å². The Hall–Kier alpha value is -2.96. The summed E-state index contributed by atoms with van der Waals surface area (Å²) in [5.74, 6) is 0.150. The lowest BCUT2D eigenvalue weighted by molar-refractivity contribution is -0.150. The molecule has 6 heteroatoms. The summed E-state index contributed by atoms with van der Waals surface area (Å²) in [6.07, 6.45) is 11.9. The van der Waals surface area contributed by atoms with Gasteiger partial charge in [-0.25, -0.2) is 9.59 Å². The molecule has 0 bridgehead atoms. The van der Waals surface area contributed by atoms with Gasteiger partial charge < -0.3 is 14.2 Å². The van der Waals surface area contributed by atoms with Crippen molar-refractivity contribution in [1.82, 2.24) is 0 Å². The average Bonchev–Trinajstić information content (AvgIpc) is 2.98. The van der Waals surface area contributed by atoms with E-state index in [0.717, 1.165) is 50.1 Å². The second-order valence-electron chi connectivity index (χ2n) is 14.1. The zero-order valence-electron chi connectivity index (χ0n) is 27.8. The van der Waals surface area contributed by atoms with Gasteiger partial charge in [-0.2, -0.15) is 0 Å². The summed E-state index contributed by atoms with van der Waals surface area (Å²) in [6.45, 7) is 14.7. The van der Waals surface area contributed by atoms with Crippen molar-refractivity contribution < 1.29 is 23.8 Å². The molecular formula is C38H54O5Si. The summed E-state index contributed by atoms with van der Waals surface area (Å²) >= 11 is 0. The quantitative estimate of drug-likeness (QED) is 0.0813. The fourth-order valence-corrected chi connectivity index (χ4v) is 6.62. The van der Waals surface area contributed by atoms with Crippen LogP contribution in [0, 0.1) is 11.8 Å². The Morgan fingerprint density at radius 2 is 1.64 bits per heavy atom. The minimum absolute atomic E-state index is 0.0972. The Kier molecular flexibility index (Phi) is 14.1. The highest BCUT2D eigenvalue weighted by Crippen LogP contribution is 2.43. The van der Waals surface area contributed by atoms with E-state index >= 15 is 0 Å². The molecule has 0 aromatic heterocycles. The minimum atomic E-state index is -1.25. The van der Waals surface area contributed by atoms with Crippen molar-refractivity contribution in [3.05, 3.63) is 96.1 Å². The number of ether oxygens (including phenoxy) is 3. The van der Waals surface area contributed by atoms with Crippen LogP contribution in [0.5, 0.6) is 0 Å². The largest absolute Gasteiger partial charge is 0.459 e. The van der Waals surface area contributed by atoms with E-state index in [1.54, 1.807) is 6.08 Å². The molecule has 0 aliphatic heterocycles. The maximum atomic E-state index is 13.2. The number of esters is 2. The molecule has 0 amide bonds. The van der Waals surface area contributed by atoms with Gasteiger partial charge in [-0.1, -0.05) is 114 Å². The molecule has 2 aromatic carbocycles. The van der Waals surface area contributed by atoms with Crippen molar-refractivity contribution in [1.29, 1.82) is 0 Å². The summed E-state index contributed by atoms with van der Waals surface area (Å²) in [7, 11) is -1.25. The van der Waals surface area contributed by atoms with Gasteiger partial charge in [0.2, 0.25) is 0 Å². The third kappa shape index (κ3) is 12.6. The van der Waals surface area contributed by atoms with Crippen LogP contribution in [0.25, 0.3) is 0 Å². The number of hydrogen-bond donors (Lipinski definition) is 0. The molecule has 0 radical (unpaired) electrons. The molecule has 3 rings (SSSR count). The van der Waals surface area contributed by atoms with Crippen LogP contribution < -0.4 is 0 Å². The zero-order valence-corrected chi connectivity index (χ0v) is 28.8. The van der Waals surface area contributed by atoms with Crippen molar-refractivity contribution in [2.45, 2.75) is 109 Å². The molecular weight excluding hydrogens is 564 g/mol. The summed E-state index contributed by atoms with van der Waals surface area (Å²) in [5, 5.41) is 0. The fraction of sp³-hybridized carbons (Fsp3) is 0.526. The lowest BCUT2D eigenvalue weighted by atomic mass is 9.64. The van der Waals surface area contributed by atoms with E-state index in [1.165, 1.54) is 11.6 Å². The van der Waals surface area contributed by atoms with Gasteiger partial charge in [-0.05, 0) is 66.7 Å². The second-order valence-corrected chi connectivity index (χ2v) is 19.7. The SMILES string of the molecule is C[C@@H]1CC[C@@H](C(C)(C)c2ccccc2)[C@H](OC(=O)/C=C/[C@@H](CCC/C=C/C(=O)OCc2ccccc2)OCC[Si](C)(C)C)C1. The van der Waals surface area contributed by atoms with Gasteiger partial charge in [0.15, 0.2) is 0 Å². The van der Waals surface area contributed by atoms with Crippen molar-refractivity contribution in [3.8, 4) is 0 Å². The third-order valence-corrected chi connectivity index (χ3v) is 10.4. The van der Waals surface area contributed by atoms with Crippen molar-refractivity contribution in [3.63, 3.8) is 0 Å². The highest BCUT2D eigenvalue weighted by Gasteiger charge is 2.41. The molecule has 1 aliphatic rings. The summed E-state index contributed by atoms with van der Waals surface area (Å²) < 4.78 is 17.7. The Labute approximate surface area is 267 Å². The maximum absolute atomic E-state index is 13.2. The van der Waals surface area contributed by atoms with Crippen LogP contribution in [0.2, 0.25) is 25.7 Å². The van der Waals surface area contributed by atoms with Crippen LogP contribution in [0.1, 0.15) is 70.4 Å². The molecule has 240 valence electrons. The third-order valence-electron chi connectivity index (χ3n) is 8.73. The van der Waals surface area contributed by atoms with Gasteiger partial charge >= 0.3 is 11.9 Å². The molecule has 5 nitrogen and oxygen atoms in total. The van der Waals surface area contributed by atoms with Gasteiger partial charge in [0.1, 0.15) is 12.7 Å². The van der Waals surface area contributed by atoms with E-state index < -0.39 is 8.07 Å². The van der Waals surface area contributed by atoms with E-state index in [0.29, 0.717) is 12.5 Å². The first kappa shape index (κ1) is 35.5. The molecule has 1 aliphatic carbocycles. The van der Waals surface area contributed by atoms with Gasteiger partial charge in [0.05, 0.1) is 6.10 Å². The van der Waals surface area contributed by atoms with E-state index in [-0.39, 0.29) is 42.1 Å². The monoisotopic (exact) mass is 618 g/mol. The first-order valence-electron chi connectivity index (χ1n) is 16.4. The highest BCUT2D eigenvalue weighted by molar-refractivity contribution is 6.76. The van der Waals surface area contributed by atoms with Crippen LogP contribution in [-0.4, -0.2) is 38.8 Å². The summed E-state index contributed by atoms with van der Waals surface area (Å²) in [4.78, 5) is 25.2. The van der Waals surface area contributed by atoms with E-state index in [2.05, 4.69) is 64.7 Å². The Morgan fingerprint density at radius 3 is 2.32 bits per heavy atom. The molecule has 44 heavy (non-hydrogen) atoms. The average molecular weight is 619 g/mol. The van der Waals surface area contributed by atoms with Gasteiger partial charge in [0, 0.05) is 32.8 Å². The molecule has 0 N–H and O–H groups in total. The van der Waals surface area contributed by atoms with Gasteiger partial charge in [-0.3, -0.25) is 0 Å². The van der Waals surface area contributed by atoms with E-state index in [1.807, 2.05) is 48.6 Å². The first-order chi connectivity index (χ1) is 20.9. The normalized spacial score (nSPS) is 20.1. The summed E-state index contributed by atoms with van der Waals surface area (Å²) in [6, 6.07) is 21.3. The zero-order chi connectivity index (χ0) is 32.0. The van der Waals surface area contributed by atoms with Gasteiger partial charge in [0.25, 0.3) is 0 Å². The van der Waals surface area contributed by atoms with Crippen molar-refractivity contribution in [2.75, 3.05) is 6.61 Å². The molecule has 1 saturated carbocycles. The standard InChI is InChI=1S/C38H54O5Si/c1-30-22-24-34(38(2,3)32-18-12-8-13-19-32)35(28-30)43-37(40)25-23-33(41-26-27-44(4,5)6)20-14-9-15-21-36(39)42-29-31-16-10-7-11-17-31/h7-8,10-13,15-19,21,23,25,30,33-35H,9,14,20,22,24,26-29H2,1-6H3/b21-15+,25-23+/t30-,33-,34-,35-/m1/s1. The predicted molar refractivity (Wildman–Crippen MR) is 182 cm³/mol. The van der Waals surface area contributed by atoms with E-state index in [9.17, 15) is 9.59 Å². The lowest BCUT2D eigenvalue weighted by Gasteiger charge is -2.43. The van der Waals surface area contributed by atoms with Crippen LogP contribution >= 0.6 is 0 Å². The lowest BCUT2D eigenvalue weighted by Crippen LogP contribution is -2.43. The van der Waals surface area contributed by atoms with Gasteiger partial charge in [-0.15, -0.1) is 0 Å². The number of carbonyl (C=O) groups is 2. The molecule has 4 atom stereocenters. The Morgan fingerprint density at radius 1 is 0.955 bits per heavy atom. The Bertz CT molecular complexity index is 1200. The smallest absolute Gasteiger partial charge is 0.330 e. The van der Waals surface area contributed by atoms with Crippen LogP contribution in [0.4, 0.5) is 0 Å². The molecule has 0 heterocycles. The van der Waals surface area contributed by atoms with Crippen LogP contribution in [0.15, 0.2) is 85.0 Å². The number of rotatable bonds is 16. The number of carbonyl (C=O) groups excluding carboxylic acids is 2. The molecule has 0 spiro atoms. The number of benzene rings is 2. The fourth-order valence-electron chi connectivity index (χ4n) is 5.89. The second kappa shape index (κ2) is 17.5. The number of allylic oxidation sites excluding steroid dienone is 1. The number of hydrogen-bond acceptors (Lipinski definition) is 5. The molecule has 1 fully saturated rings. The van der Waals surface area contributed by atoms with Crippen LogP contribution in [0.3, 0.4) is 0 Å². The number of unbranched alkanes of at least 4 members (excludes halogenated alkanes) is 1. The molecule has 2 aromatic rings.